The van der Waals surface area contributed by atoms with Gasteiger partial charge in [-0.3, -0.25) is 5.43 Å². The molecule has 0 aromatic carbocycles. The van der Waals surface area contributed by atoms with Crippen molar-refractivity contribution in [2.45, 2.75) is 32.6 Å². The van der Waals surface area contributed by atoms with Crippen LogP contribution >= 0.6 is 0 Å². The lowest BCUT2D eigenvalue weighted by Crippen LogP contribution is -2.38. The largest absolute Gasteiger partial charge is 0.356 e. The molecule has 0 aliphatic carbocycles. The van der Waals surface area contributed by atoms with E-state index in [4.69, 9.17) is 5.84 Å². The predicted molar refractivity (Wildman–Crippen MR) is 85.2 cm³/mol. The number of aromatic nitrogens is 2. The number of piperidine rings is 1. The number of aryl methyl sites for hydroxylation is 1. The smallest absolute Gasteiger partial charge is 0.239 e. The van der Waals surface area contributed by atoms with Gasteiger partial charge in [-0.25, -0.2) is 10.8 Å². The third-order valence-corrected chi connectivity index (χ3v) is 4.62. The van der Waals surface area contributed by atoms with Gasteiger partial charge in [-0.05, 0) is 51.6 Å². The lowest BCUT2D eigenvalue weighted by molar-refractivity contribution is 0.249. The first-order valence-electron chi connectivity index (χ1n) is 8.04. The molecule has 3 rings (SSSR count). The van der Waals surface area contributed by atoms with Gasteiger partial charge in [-0.15, -0.1) is 0 Å². The summed E-state index contributed by atoms with van der Waals surface area (Å²) < 4.78 is 0. The van der Waals surface area contributed by atoms with Crippen molar-refractivity contribution in [1.29, 1.82) is 0 Å². The van der Waals surface area contributed by atoms with Gasteiger partial charge in [0.15, 0.2) is 0 Å². The summed E-state index contributed by atoms with van der Waals surface area (Å²) in [6.45, 7) is 8.03. The average Bonchev–Trinajstić information content (AvgIpc) is 3.00. The topological polar surface area (TPSA) is 70.3 Å². The fraction of sp³-hybridized carbons (Fsp3) is 0.733. The average molecular weight is 290 g/mol. The highest BCUT2D eigenvalue weighted by Gasteiger charge is 2.23. The van der Waals surface area contributed by atoms with E-state index in [0.717, 1.165) is 30.5 Å². The number of nitrogen functional groups attached to an aromatic ring is 1. The summed E-state index contributed by atoms with van der Waals surface area (Å²) >= 11 is 0. The van der Waals surface area contributed by atoms with Crippen LogP contribution in [0, 0.1) is 12.8 Å². The molecular formula is C15H26N6. The quantitative estimate of drug-likeness (QED) is 0.645. The molecule has 1 aromatic heterocycles. The Labute approximate surface area is 126 Å². The van der Waals surface area contributed by atoms with Crippen LogP contribution in [-0.4, -0.2) is 47.6 Å². The molecule has 21 heavy (non-hydrogen) atoms. The molecule has 0 spiro atoms. The van der Waals surface area contributed by atoms with Crippen LogP contribution in [0.2, 0.25) is 0 Å². The number of anilines is 2. The van der Waals surface area contributed by atoms with E-state index in [1.807, 2.05) is 13.0 Å². The van der Waals surface area contributed by atoms with Gasteiger partial charge in [-0.2, -0.15) is 4.98 Å². The maximum Gasteiger partial charge on any atom is 0.239 e. The van der Waals surface area contributed by atoms with E-state index in [-0.39, 0.29) is 0 Å². The second kappa shape index (κ2) is 6.58. The third kappa shape index (κ3) is 3.63. The first-order valence-corrected chi connectivity index (χ1v) is 8.04. The SMILES string of the molecule is Cc1cc(N2CCC(CN3CCCC3)CC2)nc(NN)n1. The predicted octanol–water partition coefficient (Wildman–Crippen LogP) is 1.38. The van der Waals surface area contributed by atoms with Gasteiger partial charge in [0.25, 0.3) is 0 Å². The van der Waals surface area contributed by atoms with Crippen LogP contribution in [0.4, 0.5) is 11.8 Å². The Bertz CT molecular complexity index is 463. The molecule has 2 aliphatic heterocycles. The van der Waals surface area contributed by atoms with E-state index in [0.29, 0.717) is 5.95 Å². The summed E-state index contributed by atoms with van der Waals surface area (Å²) in [5.74, 6) is 7.77. The molecule has 6 heteroatoms. The van der Waals surface area contributed by atoms with Crippen molar-refractivity contribution in [2.75, 3.05) is 43.0 Å². The van der Waals surface area contributed by atoms with Crippen LogP contribution < -0.4 is 16.2 Å². The van der Waals surface area contributed by atoms with Crippen LogP contribution in [0.1, 0.15) is 31.4 Å². The molecule has 1 aromatic rings. The Morgan fingerprint density at radius 1 is 1.19 bits per heavy atom. The van der Waals surface area contributed by atoms with Crippen molar-refractivity contribution in [3.8, 4) is 0 Å². The van der Waals surface area contributed by atoms with Crippen molar-refractivity contribution in [3.63, 3.8) is 0 Å². The van der Waals surface area contributed by atoms with Gasteiger partial charge in [0, 0.05) is 31.4 Å². The molecule has 3 N–H and O–H groups in total. The molecule has 0 unspecified atom stereocenters. The maximum atomic E-state index is 5.43. The Balaban J connectivity index is 1.56. The Morgan fingerprint density at radius 2 is 1.90 bits per heavy atom. The third-order valence-electron chi connectivity index (χ3n) is 4.62. The standard InChI is InChI=1S/C15H26N6/c1-12-10-14(18-15(17-12)19-16)21-8-4-13(5-9-21)11-20-6-2-3-7-20/h10,13H,2-9,11,16H2,1H3,(H,17,18,19). The molecule has 2 saturated heterocycles. The summed E-state index contributed by atoms with van der Waals surface area (Å²) in [5.41, 5.74) is 3.50. The number of nitrogens with two attached hydrogens (primary N) is 1. The van der Waals surface area contributed by atoms with Gasteiger partial charge in [0.1, 0.15) is 5.82 Å². The highest BCUT2D eigenvalue weighted by molar-refractivity contribution is 5.44. The molecule has 2 fully saturated rings. The highest BCUT2D eigenvalue weighted by Crippen LogP contribution is 2.24. The van der Waals surface area contributed by atoms with E-state index in [9.17, 15) is 0 Å². The number of nitrogens with zero attached hydrogens (tertiary/aromatic N) is 4. The maximum absolute atomic E-state index is 5.43. The fourth-order valence-corrected chi connectivity index (χ4v) is 3.45. The molecule has 3 heterocycles. The number of hydrogen-bond acceptors (Lipinski definition) is 6. The fourth-order valence-electron chi connectivity index (χ4n) is 3.45. The van der Waals surface area contributed by atoms with Crippen LogP contribution in [0.5, 0.6) is 0 Å². The molecule has 6 nitrogen and oxygen atoms in total. The molecule has 116 valence electrons. The number of likely N-dealkylation sites (tertiary alicyclic amines) is 1. The Kier molecular flexibility index (Phi) is 4.55. The summed E-state index contributed by atoms with van der Waals surface area (Å²) in [6.07, 6.45) is 5.28. The van der Waals surface area contributed by atoms with E-state index in [1.54, 1.807) is 0 Å². The normalized spacial score (nSPS) is 21.0. The van der Waals surface area contributed by atoms with Crippen LogP contribution in [-0.2, 0) is 0 Å². The summed E-state index contributed by atoms with van der Waals surface area (Å²) in [6, 6.07) is 2.04. The molecule has 0 atom stereocenters. The van der Waals surface area contributed by atoms with Crippen molar-refractivity contribution in [1.82, 2.24) is 14.9 Å². The van der Waals surface area contributed by atoms with Gasteiger partial charge in [0.2, 0.25) is 5.95 Å². The van der Waals surface area contributed by atoms with Crippen molar-refractivity contribution >= 4 is 11.8 Å². The zero-order valence-electron chi connectivity index (χ0n) is 12.9. The Hall–Kier alpha value is -1.40. The van der Waals surface area contributed by atoms with Crippen molar-refractivity contribution in [3.05, 3.63) is 11.8 Å². The number of hydrazine groups is 1. The summed E-state index contributed by atoms with van der Waals surface area (Å²) in [4.78, 5) is 13.7. The second-order valence-electron chi connectivity index (χ2n) is 6.27. The zero-order valence-corrected chi connectivity index (χ0v) is 12.9. The van der Waals surface area contributed by atoms with Gasteiger partial charge < -0.3 is 9.80 Å². The second-order valence-corrected chi connectivity index (χ2v) is 6.27. The van der Waals surface area contributed by atoms with Crippen LogP contribution in [0.15, 0.2) is 6.07 Å². The van der Waals surface area contributed by atoms with Gasteiger partial charge in [0.05, 0.1) is 0 Å². The van der Waals surface area contributed by atoms with Crippen molar-refractivity contribution in [2.24, 2.45) is 11.8 Å². The molecule has 0 radical (unpaired) electrons. The first-order chi connectivity index (χ1) is 10.2. The molecule has 0 saturated carbocycles. The minimum Gasteiger partial charge on any atom is -0.356 e. The molecular weight excluding hydrogens is 264 g/mol. The number of nitrogens with one attached hydrogen (secondary N) is 1. The number of rotatable bonds is 4. The monoisotopic (exact) mass is 290 g/mol. The van der Waals surface area contributed by atoms with E-state index >= 15 is 0 Å². The lowest BCUT2D eigenvalue weighted by atomic mass is 9.96. The van der Waals surface area contributed by atoms with Crippen molar-refractivity contribution < 1.29 is 0 Å². The molecule has 0 amide bonds. The first kappa shape index (κ1) is 14.5. The van der Waals surface area contributed by atoms with Gasteiger partial charge >= 0.3 is 0 Å². The van der Waals surface area contributed by atoms with Crippen LogP contribution in [0.3, 0.4) is 0 Å². The summed E-state index contributed by atoms with van der Waals surface area (Å²) in [7, 11) is 0. The number of hydrogen-bond donors (Lipinski definition) is 2. The van der Waals surface area contributed by atoms with E-state index < -0.39 is 0 Å². The zero-order chi connectivity index (χ0) is 14.7. The summed E-state index contributed by atoms with van der Waals surface area (Å²) in [5, 5.41) is 0. The minimum absolute atomic E-state index is 0.504. The molecule has 0 bridgehead atoms. The minimum atomic E-state index is 0.504. The van der Waals surface area contributed by atoms with E-state index in [1.165, 1.54) is 45.3 Å². The lowest BCUT2D eigenvalue weighted by Gasteiger charge is -2.34. The van der Waals surface area contributed by atoms with E-state index in [2.05, 4.69) is 25.2 Å². The highest BCUT2D eigenvalue weighted by atomic mass is 15.3. The van der Waals surface area contributed by atoms with Crippen LogP contribution in [0.25, 0.3) is 0 Å². The molecule has 2 aliphatic rings. The van der Waals surface area contributed by atoms with Gasteiger partial charge in [-0.1, -0.05) is 0 Å². The Morgan fingerprint density at radius 3 is 2.57 bits per heavy atom.